The van der Waals surface area contributed by atoms with Crippen molar-refractivity contribution in [1.29, 1.82) is 0 Å². The van der Waals surface area contributed by atoms with Crippen molar-refractivity contribution in [2.24, 2.45) is 0 Å². The summed E-state index contributed by atoms with van der Waals surface area (Å²) in [6.07, 6.45) is 0. The van der Waals surface area contributed by atoms with E-state index in [2.05, 4.69) is 5.32 Å². The highest BCUT2D eigenvalue weighted by atomic mass is 35.5. The third kappa shape index (κ3) is 5.46. The van der Waals surface area contributed by atoms with Gasteiger partial charge in [0, 0.05) is 18.6 Å². The molecule has 2 amide bonds. The highest BCUT2D eigenvalue weighted by Gasteiger charge is 2.25. The first-order valence-corrected chi connectivity index (χ1v) is 8.42. The molecule has 0 bridgehead atoms. The summed E-state index contributed by atoms with van der Waals surface area (Å²) in [6, 6.07) is 11.7. The van der Waals surface area contributed by atoms with Crippen molar-refractivity contribution in [2.45, 2.75) is 19.5 Å². The maximum Gasteiger partial charge on any atom is 0.261 e. The highest BCUT2D eigenvalue weighted by molar-refractivity contribution is 6.30. The van der Waals surface area contributed by atoms with E-state index in [1.54, 1.807) is 31.2 Å². The van der Waals surface area contributed by atoms with Crippen LogP contribution in [0, 0.1) is 5.82 Å². The molecular weight excluding hydrogens is 359 g/mol. The van der Waals surface area contributed by atoms with E-state index in [-0.39, 0.29) is 30.8 Å². The van der Waals surface area contributed by atoms with E-state index in [1.165, 1.54) is 36.2 Å². The number of amides is 2. The van der Waals surface area contributed by atoms with Crippen molar-refractivity contribution >= 4 is 23.4 Å². The number of hydrogen-bond acceptors (Lipinski definition) is 3. The van der Waals surface area contributed by atoms with Crippen molar-refractivity contribution in [2.75, 3.05) is 13.7 Å². The molecule has 1 N–H and O–H groups in total. The van der Waals surface area contributed by atoms with Gasteiger partial charge in [0.2, 0.25) is 5.91 Å². The molecule has 1 atom stereocenters. The first kappa shape index (κ1) is 19.7. The zero-order valence-corrected chi connectivity index (χ0v) is 15.3. The molecule has 5 nitrogen and oxygen atoms in total. The van der Waals surface area contributed by atoms with Gasteiger partial charge in [0.05, 0.1) is 0 Å². The number of hydrogen-bond donors (Lipinski definition) is 1. The summed E-state index contributed by atoms with van der Waals surface area (Å²) >= 11 is 5.88. The number of carbonyl (C=O) groups excluding carboxylic acids is 2. The molecule has 0 heterocycles. The van der Waals surface area contributed by atoms with Crippen LogP contribution in [0.25, 0.3) is 0 Å². The zero-order valence-electron chi connectivity index (χ0n) is 14.5. The Morgan fingerprint density at radius 3 is 2.35 bits per heavy atom. The van der Waals surface area contributed by atoms with Gasteiger partial charge in [-0.05, 0) is 48.9 Å². The van der Waals surface area contributed by atoms with Crippen LogP contribution in [0.5, 0.6) is 5.75 Å². The minimum Gasteiger partial charge on any atom is -0.484 e. The third-order valence-corrected chi connectivity index (χ3v) is 4.11. The second kappa shape index (κ2) is 9.20. The first-order chi connectivity index (χ1) is 12.4. The Bertz CT molecular complexity index is 750. The standard InChI is InChI=1S/C19H20ClFN2O3/c1-13(19(25)22-2)23(11-14-3-5-15(20)6-4-14)18(24)12-26-17-9-7-16(21)8-10-17/h3-10,13H,11-12H2,1-2H3,(H,22,25)/t13-/m1/s1. The number of benzene rings is 2. The fraction of sp³-hybridized carbons (Fsp3) is 0.263. The molecule has 0 spiro atoms. The van der Waals surface area contributed by atoms with E-state index in [1.807, 2.05) is 0 Å². The quantitative estimate of drug-likeness (QED) is 0.805. The van der Waals surface area contributed by atoms with Crippen LogP contribution in [0.2, 0.25) is 5.02 Å². The minimum absolute atomic E-state index is 0.233. The van der Waals surface area contributed by atoms with Crippen molar-refractivity contribution in [3.63, 3.8) is 0 Å². The van der Waals surface area contributed by atoms with E-state index in [4.69, 9.17) is 16.3 Å². The normalized spacial score (nSPS) is 11.5. The number of halogens is 2. The van der Waals surface area contributed by atoms with Crippen molar-refractivity contribution in [1.82, 2.24) is 10.2 Å². The molecule has 0 aliphatic rings. The van der Waals surface area contributed by atoms with Gasteiger partial charge in [0.25, 0.3) is 5.91 Å². The monoisotopic (exact) mass is 378 g/mol. The van der Waals surface area contributed by atoms with Crippen LogP contribution >= 0.6 is 11.6 Å². The highest BCUT2D eigenvalue weighted by Crippen LogP contribution is 2.15. The number of nitrogens with one attached hydrogen (secondary N) is 1. The van der Waals surface area contributed by atoms with Gasteiger partial charge in [-0.25, -0.2) is 4.39 Å². The molecule has 0 saturated heterocycles. The van der Waals surface area contributed by atoms with Crippen LogP contribution in [0.1, 0.15) is 12.5 Å². The topological polar surface area (TPSA) is 58.6 Å². The van der Waals surface area contributed by atoms with Gasteiger partial charge in [-0.1, -0.05) is 23.7 Å². The third-order valence-electron chi connectivity index (χ3n) is 3.86. The predicted octanol–water partition coefficient (Wildman–Crippen LogP) is 3.02. The van der Waals surface area contributed by atoms with Crippen LogP contribution in [-0.4, -0.2) is 36.4 Å². The predicted molar refractivity (Wildman–Crippen MR) is 97.4 cm³/mol. The summed E-state index contributed by atoms with van der Waals surface area (Å²) in [7, 11) is 1.51. The van der Waals surface area contributed by atoms with E-state index < -0.39 is 6.04 Å². The molecule has 7 heteroatoms. The molecule has 0 aromatic heterocycles. The van der Waals surface area contributed by atoms with Crippen LogP contribution in [0.4, 0.5) is 4.39 Å². The number of likely N-dealkylation sites (N-methyl/N-ethyl adjacent to an activating group) is 1. The number of ether oxygens (including phenoxy) is 1. The smallest absolute Gasteiger partial charge is 0.261 e. The molecule has 2 rings (SSSR count). The summed E-state index contributed by atoms with van der Waals surface area (Å²) < 4.78 is 18.3. The van der Waals surface area contributed by atoms with Crippen molar-refractivity contribution in [3.8, 4) is 5.75 Å². The molecule has 0 aliphatic heterocycles. The molecule has 0 unspecified atom stereocenters. The van der Waals surface area contributed by atoms with Crippen LogP contribution in [0.15, 0.2) is 48.5 Å². The lowest BCUT2D eigenvalue weighted by molar-refractivity contribution is -0.142. The lowest BCUT2D eigenvalue weighted by Gasteiger charge is -2.28. The van der Waals surface area contributed by atoms with Gasteiger partial charge in [-0.3, -0.25) is 9.59 Å². The van der Waals surface area contributed by atoms with Gasteiger partial charge in [-0.15, -0.1) is 0 Å². The molecule has 2 aromatic carbocycles. The van der Waals surface area contributed by atoms with Crippen LogP contribution in [0.3, 0.4) is 0 Å². The van der Waals surface area contributed by atoms with Crippen LogP contribution < -0.4 is 10.1 Å². The SMILES string of the molecule is CNC(=O)[C@@H](C)N(Cc1ccc(Cl)cc1)C(=O)COc1ccc(F)cc1. The molecular formula is C19H20ClFN2O3. The molecule has 0 fully saturated rings. The molecule has 2 aromatic rings. The molecule has 138 valence electrons. The largest absolute Gasteiger partial charge is 0.484 e. The maximum absolute atomic E-state index is 12.9. The molecule has 26 heavy (non-hydrogen) atoms. The Morgan fingerprint density at radius 2 is 1.77 bits per heavy atom. The maximum atomic E-state index is 12.9. The Kier molecular flexibility index (Phi) is 6.97. The zero-order chi connectivity index (χ0) is 19.1. The van der Waals surface area contributed by atoms with Crippen molar-refractivity contribution in [3.05, 3.63) is 64.9 Å². The molecule has 0 saturated carbocycles. The number of carbonyl (C=O) groups is 2. The fourth-order valence-corrected chi connectivity index (χ4v) is 2.46. The van der Waals surface area contributed by atoms with Gasteiger partial charge < -0.3 is 15.0 Å². The average Bonchev–Trinajstić information content (AvgIpc) is 2.65. The summed E-state index contributed by atoms with van der Waals surface area (Å²) in [5.41, 5.74) is 0.834. The van der Waals surface area contributed by atoms with E-state index in [0.717, 1.165) is 5.56 Å². The van der Waals surface area contributed by atoms with Gasteiger partial charge in [0.1, 0.15) is 17.6 Å². The Morgan fingerprint density at radius 1 is 1.15 bits per heavy atom. The lowest BCUT2D eigenvalue weighted by Crippen LogP contribution is -2.48. The summed E-state index contributed by atoms with van der Waals surface area (Å²) in [5.74, 6) is -0.658. The van der Waals surface area contributed by atoms with Crippen LogP contribution in [-0.2, 0) is 16.1 Å². The minimum atomic E-state index is -0.681. The van der Waals surface area contributed by atoms with Gasteiger partial charge in [0.15, 0.2) is 6.61 Å². The molecule has 0 radical (unpaired) electrons. The van der Waals surface area contributed by atoms with E-state index in [0.29, 0.717) is 10.8 Å². The summed E-state index contributed by atoms with van der Waals surface area (Å²) in [6.45, 7) is 1.61. The second-order valence-electron chi connectivity index (χ2n) is 5.68. The summed E-state index contributed by atoms with van der Waals surface area (Å²) in [4.78, 5) is 26.1. The van der Waals surface area contributed by atoms with Gasteiger partial charge in [-0.2, -0.15) is 0 Å². The summed E-state index contributed by atoms with van der Waals surface area (Å²) in [5, 5.41) is 3.13. The Balaban J connectivity index is 2.10. The second-order valence-corrected chi connectivity index (χ2v) is 6.12. The lowest BCUT2D eigenvalue weighted by atomic mass is 10.1. The van der Waals surface area contributed by atoms with E-state index in [9.17, 15) is 14.0 Å². The first-order valence-electron chi connectivity index (χ1n) is 8.04. The molecule has 0 aliphatic carbocycles. The fourth-order valence-electron chi connectivity index (χ4n) is 2.34. The van der Waals surface area contributed by atoms with Crippen molar-refractivity contribution < 1.29 is 18.7 Å². The Hall–Kier alpha value is -2.60. The average molecular weight is 379 g/mol. The number of rotatable bonds is 7. The number of nitrogens with zero attached hydrogens (tertiary/aromatic N) is 1. The Labute approximate surface area is 156 Å². The van der Waals surface area contributed by atoms with Gasteiger partial charge >= 0.3 is 0 Å². The van der Waals surface area contributed by atoms with E-state index >= 15 is 0 Å².